The number of carbonyl (C=O) groups is 1. The average Bonchev–Trinajstić information content (AvgIpc) is 2.83. The van der Waals surface area contributed by atoms with Crippen molar-refractivity contribution in [2.45, 2.75) is 6.92 Å². The lowest BCUT2D eigenvalue weighted by Crippen LogP contribution is -2.36. The molecule has 0 bridgehead atoms. The number of benzene rings is 1. The molecule has 21 heavy (non-hydrogen) atoms. The maximum absolute atomic E-state index is 12.2. The first-order chi connectivity index (χ1) is 10.1. The third kappa shape index (κ3) is 2.71. The van der Waals surface area contributed by atoms with Gasteiger partial charge >= 0.3 is 0 Å². The molecule has 1 saturated heterocycles. The summed E-state index contributed by atoms with van der Waals surface area (Å²) in [5, 5.41) is 14.0. The lowest BCUT2D eigenvalue weighted by atomic mass is 10.0. The van der Waals surface area contributed by atoms with Crippen molar-refractivity contribution in [1.82, 2.24) is 20.1 Å². The Hall–Kier alpha value is -2.47. The van der Waals surface area contributed by atoms with Gasteiger partial charge in [-0.1, -0.05) is 12.1 Å². The zero-order valence-electron chi connectivity index (χ0n) is 12.1. The van der Waals surface area contributed by atoms with Gasteiger partial charge in [-0.05, 0) is 24.6 Å². The molecule has 0 aliphatic carbocycles. The summed E-state index contributed by atoms with van der Waals surface area (Å²) in [6, 6.07) is 7.61. The Kier molecular flexibility index (Phi) is 3.53. The summed E-state index contributed by atoms with van der Waals surface area (Å²) >= 11 is 0. The Morgan fingerprint density at radius 1 is 1.38 bits per heavy atom. The second-order valence-electron chi connectivity index (χ2n) is 5.13. The van der Waals surface area contributed by atoms with Crippen molar-refractivity contribution in [2.24, 2.45) is 7.05 Å². The highest BCUT2D eigenvalue weighted by atomic mass is 16.1. The molecule has 1 aromatic heterocycles. The first-order valence-electron chi connectivity index (χ1n) is 6.80. The van der Waals surface area contributed by atoms with Gasteiger partial charge in [0, 0.05) is 37.0 Å². The van der Waals surface area contributed by atoms with Crippen molar-refractivity contribution in [3.05, 3.63) is 41.7 Å². The van der Waals surface area contributed by atoms with Gasteiger partial charge in [0.15, 0.2) is 5.82 Å². The van der Waals surface area contributed by atoms with Crippen LogP contribution in [-0.2, 0) is 11.8 Å². The summed E-state index contributed by atoms with van der Waals surface area (Å²) in [4.78, 5) is 12.2. The fourth-order valence-electron chi connectivity index (χ4n) is 2.18. The van der Waals surface area contributed by atoms with Crippen molar-refractivity contribution >= 4 is 11.6 Å². The molecule has 0 saturated carbocycles. The van der Waals surface area contributed by atoms with Crippen LogP contribution >= 0.6 is 0 Å². The Morgan fingerprint density at radius 3 is 2.81 bits per heavy atom. The van der Waals surface area contributed by atoms with E-state index >= 15 is 0 Å². The van der Waals surface area contributed by atoms with Crippen LogP contribution in [0.15, 0.2) is 41.7 Å². The molecule has 1 aliphatic rings. The Bertz CT molecular complexity index is 710. The number of amides is 1. The van der Waals surface area contributed by atoms with Crippen LogP contribution in [0.5, 0.6) is 0 Å². The molecule has 1 amide bonds. The fraction of sp³-hybridized carbons (Fsp3) is 0.267. The number of carbonyl (C=O) groups excluding carboxylic acids is 1. The molecular formula is C15H17N5O. The summed E-state index contributed by atoms with van der Waals surface area (Å²) in [5.74, 6) is 0.714. The topological polar surface area (TPSA) is 71.8 Å². The second-order valence-corrected chi connectivity index (χ2v) is 5.13. The number of nitrogens with zero attached hydrogens (tertiary/aromatic N) is 3. The molecule has 2 N–H and O–H groups in total. The molecule has 3 rings (SSSR count). The van der Waals surface area contributed by atoms with Gasteiger partial charge in [0.2, 0.25) is 0 Å². The van der Waals surface area contributed by atoms with Gasteiger partial charge in [0.25, 0.3) is 5.91 Å². The van der Waals surface area contributed by atoms with E-state index < -0.39 is 0 Å². The van der Waals surface area contributed by atoms with Crippen molar-refractivity contribution < 1.29 is 4.79 Å². The standard InChI is InChI=1S/C15H17N5O/c1-10(12-7-16-8-12)15(21)18-13-5-3-4-11(6-13)14-19-17-9-20(14)2/h3-6,9,16H,7-8H2,1-2H3,(H,18,21). The maximum Gasteiger partial charge on any atom is 0.251 e. The van der Waals surface area contributed by atoms with Crippen molar-refractivity contribution in [2.75, 3.05) is 18.4 Å². The first-order valence-corrected chi connectivity index (χ1v) is 6.80. The number of anilines is 1. The predicted molar refractivity (Wildman–Crippen MR) is 80.6 cm³/mol. The molecule has 0 radical (unpaired) electrons. The van der Waals surface area contributed by atoms with Crippen LogP contribution in [0.25, 0.3) is 11.4 Å². The van der Waals surface area contributed by atoms with E-state index in [4.69, 9.17) is 0 Å². The zero-order valence-corrected chi connectivity index (χ0v) is 12.1. The molecule has 108 valence electrons. The molecular weight excluding hydrogens is 266 g/mol. The van der Waals surface area contributed by atoms with E-state index in [1.807, 2.05) is 42.8 Å². The lowest BCUT2D eigenvalue weighted by molar-refractivity contribution is -0.112. The monoisotopic (exact) mass is 283 g/mol. The van der Waals surface area contributed by atoms with Gasteiger partial charge in [0.05, 0.1) is 0 Å². The number of aromatic nitrogens is 3. The van der Waals surface area contributed by atoms with Gasteiger partial charge in [-0.15, -0.1) is 10.2 Å². The third-order valence-electron chi connectivity index (χ3n) is 3.64. The summed E-state index contributed by atoms with van der Waals surface area (Å²) in [6.07, 6.45) is 1.65. The lowest BCUT2D eigenvalue weighted by Gasteiger charge is -2.21. The van der Waals surface area contributed by atoms with Crippen molar-refractivity contribution in [3.8, 4) is 11.4 Å². The molecule has 0 unspecified atom stereocenters. The van der Waals surface area contributed by atoms with E-state index in [1.165, 1.54) is 0 Å². The normalized spacial score (nSPS) is 13.7. The minimum Gasteiger partial charge on any atom is -0.322 e. The summed E-state index contributed by atoms with van der Waals surface area (Å²) in [5.41, 5.74) is 3.63. The van der Waals surface area contributed by atoms with E-state index in [2.05, 4.69) is 20.8 Å². The zero-order chi connectivity index (χ0) is 14.8. The first kappa shape index (κ1) is 13.5. The minimum absolute atomic E-state index is 0.0541. The van der Waals surface area contributed by atoms with E-state index in [0.29, 0.717) is 0 Å². The Balaban J connectivity index is 1.81. The van der Waals surface area contributed by atoms with Gasteiger partial charge in [-0.3, -0.25) is 4.79 Å². The molecule has 1 aromatic carbocycles. The quantitative estimate of drug-likeness (QED) is 0.834. The number of hydrogen-bond donors (Lipinski definition) is 2. The number of hydrogen-bond acceptors (Lipinski definition) is 4. The van der Waals surface area contributed by atoms with Gasteiger partial charge in [-0.25, -0.2) is 0 Å². The highest BCUT2D eigenvalue weighted by Crippen LogP contribution is 2.21. The highest BCUT2D eigenvalue weighted by molar-refractivity contribution is 6.04. The smallest absolute Gasteiger partial charge is 0.251 e. The van der Waals surface area contributed by atoms with Gasteiger partial charge in [0.1, 0.15) is 6.33 Å². The second kappa shape index (κ2) is 5.49. The molecule has 1 fully saturated rings. The predicted octanol–water partition coefficient (Wildman–Crippen LogP) is 1.34. The maximum atomic E-state index is 12.2. The van der Waals surface area contributed by atoms with E-state index in [1.54, 1.807) is 6.33 Å². The number of nitrogens with one attached hydrogen (secondary N) is 2. The molecule has 6 nitrogen and oxygen atoms in total. The van der Waals surface area contributed by atoms with Crippen molar-refractivity contribution in [3.63, 3.8) is 0 Å². The summed E-state index contributed by atoms with van der Waals surface area (Å²) in [6.45, 7) is 3.47. The van der Waals surface area contributed by atoms with Gasteiger partial charge < -0.3 is 15.2 Å². The minimum atomic E-state index is -0.0541. The van der Waals surface area contributed by atoms with Crippen LogP contribution < -0.4 is 10.6 Å². The van der Waals surface area contributed by atoms with Crippen LogP contribution in [0, 0.1) is 0 Å². The van der Waals surface area contributed by atoms with Gasteiger partial charge in [-0.2, -0.15) is 0 Å². The fourth-order valence-corrected chi connectivity index (χ4v) is 2.18. The highest BCUT2D eigenvalue weighted by Gasteiger charge is 2.16. The average molecular weight is 283 g/mol. The molecule has 1 aliphatic heterocycles. The van der Waals surface area contributed by atoms with Crippen LogP contribution in [0.1, 0.15) is 6.92 Å². The van der Waals surface area contributed by atoms with E-state index in [-0.39, 0.29) is 5.91 Å². The summed E-state index contributed by atoms with van der Waals surface area (Å²) in [7, 11) is 1.89. The Morgan fingerprint density at radius 2 is 2.19 bits per heavy atom. The number of aryl methyl sites for hydroxylation is 1. The number of rotatable bonds is 3. The largest absolute Gasteiger partial charge is 0.322 e. The third-order valence-corrected chi connectivity index (χ3v) is 3.64. The SMILES string of the molecule is CC(C(=O)Nc1cccc(-c2nncn2C)c1)=C1CNC1. The molecule has 6 heteroatoms. The molecule has 0 spiro atoms. The van der Waals surface area contributed by atoms with Crippen LogP contribution in [0.3, 0.4) is 0 Å². The molecule has 2 heterocycles. The molecule has 2 aromatic rings. The van der Waals surface area contributed by atoms with Crippen LogP contribution in [0.2, 0.25) is 0 Å². The van der Waals surface area contributed by atoms with Crippen LogP contribution in [0.4, 0.5) is 5.69 Å². The Labute approximate surface area is 122 Å². The summed E-state index contributed by atoms with van der Waals surface area (Å²) < 4.78 is 1.84. The van der Waals surface area contributed by atoms with E-state index in [9.17, 15) is 4.79 Å². The van der Waals surface area contributed by atoms with Crippen molar-refractivity contribution in [1.29, 1.82) is 0 Å². The molecule has 0 atom stereocenters. The van der Waals surface area contributed by atoms with Crippen LogP contribution in [-0.4, -0.2) is 33.8 Å². The van der Waals surface area contributed by atoms with E-state index in [0.717, 1.165) is 41.3 Å².